The molecular formula is C12H19O4. The van der Waals surface area contributed by atoms with Crippen LogP contribution in [0.5, 0.6) is 0 Å². The number of epoxide rings is 1. The highest BCUT2D eigenvalue weighted by atomic mass is 16.6. The number of carbonyl (C=O) groups is 1. The molecule has 1 fully saturated rings. The molecule has 1 aliphatic rings. The van der Waals surface area contributed by atoms with Gasteiger partial charge in [-0.15, -0.1) is 0 Å². The first kappa shape index (κ1) is 13.2. The average Bonchev–Trinajstić information content (AvgIpc) is 3.10. The van der Waals surface area contributed by atoms with Crippen molar-refractivity contribution in [1.82, 2.24) is 0 Å². The summed E-state index contributed by atoms with van der Waals surface area (Å²) in [5.41, 5.74) is 0. The molecule has 0 aromatic rings. The van der Waals surface area contributed by atoms with Gasteiger partial charge in [-0.25, -0.2) is 4.79 Å². The lowest BCUT2D eigenvalue weighted by atomic mass is 10.2. The summed E-state index contributed by atoms with van der Waals surface area (Å²) < 4.78 is 15.2. The van der Waals surface area contributed by atoms with Gasteiger partial charge in [-0.1, -0.05) is 6.58 Å². The van der Waals surface area contributed by atoms with Gasteiger partial charge in [0.2, 0.25) is 0 Å². The van der Waals surface area contributed by atoms with Crippen LogP contribution in [0.2, 0.25) is 0 Å². The predicted molar refractivity (Wildman–Crippen MR) is 59.9 cm³/mol. The van der Waals surface area contributed by atoms with Gasteiger partial charge in [-0.2, -0.15) is 0 Å². The predicted octanol–water partition coefficient (Wildman–Crippen LogP) is 1.51. The van der Waals surface area contributed by atoms with E-state index in [4.69, 9.17) is 14.2 Å². The Morgan fingerprint density at radius 2 is 2.25 bits per heavy atom. The minimum atomic E-state index is -0.354. The first-order chi connectivity index (χ1) is 7.83. The molecule has 1 atom stereocenters. The number of ether oxygens (including phenoxy) is 3. The Morgan fingerprint density at radius 3 is 2.94 bits per heavy atom. The van der Waals surface area contributed by atoms with E-state index in [1.165, 1.54) is 6.08 Å². The van der Waals surface area contributed by atoms with Crippen LogP contribution in [0.4, 0.5) is 0 Å². The molecule has 1 radical (unpaired) electrons. The molecule has 1 aliphatic heterocycles. The van der Waals surface area contributed by atoms with Gasteiger partial charge in [0, 0.05) is 12.7 Å². The van der Waals surface area contributed by atoms with E-state index in [0.717, 1.165) is 32.5 Å². The molecule has 0 aromatic heterocycles. The summed E-state index contributed by atoms with van der Waals surface area (Å²) >= 11 is 0. The quantitative estimate of drug-likeness (QED) is 0.246. The maximum absolute atomic E-state index is 10.7. The van der Waals surface area contributed by atoms with Gasteiger partial charge < -0.3 is 14.2 Å². The zero-order valence-corrected chi connectivity index (χ0v) is 9.52. The molecule has 0 aromatic carbocycles. The molecule has 0 saturated carbocycles. The highest BCUT2D eigenvalue weighted by Crippen LogP contribution is 2.09. The fourth-order valence-electron chi connectivity index (χ4n) is 1.15. The van der Waals surface area contributed by atoms with E-state index in [0.29, 0.717) is 19.3 Å². The number of hydrogen-bond donors (Lipinski definition) is 0. The lowest BCUT2D eigenvalue weighted by Gasteiger charge is -2.03. The number of hydrogen-bond acceptors (Lipinski definition) is 4. The Kier molecular flexibility index (Phi) is 6.85. The van der Waals surface area contributed by atoms with Crippen molar-refractivity contribution in [3.63, 3.8) is 0 Å². The average molecular weight is 227 g/mol. The molecule has 16 heavy (non-hydrogen) atoms. The first-order valence-corrected chi connectivity index (χ1v) is 5.63. The van der Waals surface area contributed by atoms with E-state index in [2.05, 4.69) is 13.0 Å². The van der Waals surface area contributed by atoms with Gasteiger partial charge >= 0.3 is 5.97 Å². The Hall–Kier alpha value is -0.870. The lowest BCUT2D eigenvalue weighted by molar-refractivity contribution is -0.137. The monoisotopic (exact) mass is 227 g/mol. The van der Waals surface area contributed by atoms with Crippen LogP contribution in [0.3, 0.4) is 0 Å². The minimum absolute atomic E-state index is 0.346. The van der Waals surface area contributed by atoms with Gasteiger partial charge in [0.1, 0.15) is 6.10 Å². The maximum Gasteiger partial charge on any atom is 0.330 e. The van der Waals surface area contributed by atoms with E-state index in [1.54, 1.807) is 0 Å². The van der Waals surface area contributed by atoms with Crippen molar-refractivity contribution in [1.29, 1.82) is 0 Å². The summed E-state index contributed by atoms with van der Waals surface area (Å²) in [6.07, 6.45) is 6.40. The summed E-state index contributed by atoms with van der Waals surface area (Å²) in [6.45, 7) is 6.08. The van der Waals surface area contributed by atoms with Crippen molar-refractivity contribution >= 4 is 5.97 Å². The second-order valence-corrected chi connectivity index (χ2v) is 3.62. The molecule has 1 unspecified atom stereocenters. The van der Waals surface area contributed by atoms with Crippen molar-refractivity contribution in [2.45, 2.75) is 25.4 Å². The van der Waals surface area contributed by atoms with Crippen molar-refractivity contribution in [2.75, 3.05) is 26.4 Å². The summed E-state index contributed by atoms with van der Waals surface area (Å²) in [4.78, 5) is 10.7. The molecule has 0 aliphatic carbocycles. The zero-order valence-electron chi connectivity index (χ0n) is 9.52. The molecule has 4 heteroatoms. The van der Waals surface area contributed by atoms with Crippen LogP contribution in [-0.4, -0.2) is 38.5 Å². The smallest absolute Gasteiger partial charge is 0.330 e. The fraction of sp³-hybridized carbons (Fsp3) is 0.667. The Balaban J connectivity index is 1.70. The number of unbranched alkanes of at least 4 members (excludes halogenated alkanes) is 3. The minimum Gasteiger partial charge on any atom is -0.463 e. The molecule has 0 amide bonds. The van der Waals surface area contributed by atoms with Crippen LogP contribution in [0.15, 0.2) is 12.7 Å². The van der Waals surface area contributed by atoms with E-state index in [9.17, 15) is 4.79 Å². The summed E-state index contributed by atoms with van der Waals surface area (Å²) in [5.74, 6) is -0.354. The highest BCUT2D eigenvalue weighted by molar-refractivity contribution is 5.81. The van der Waals surface area contributed by atoms with Crippen molar-refractivity contribution < 1.29 is 19.0 Å². The molecular weight excluding hydrogens is 208 g/mol. The third kappa shape index (κ3) is 7.43. The zero-order chi connectivity index (χ0) is 11.6. The Morgan fingerprint density at radius 1 is 1.44 bits per heavy atom. The molecule has 0 N–H and O–H groups in total. The van der Waals surface area contributed by atoms with Gasteiger partial charge in [0.25, 0.3) is 0 Å². The number of esters is 1. The summed E-state index contributed by atoms with van der Waals surface area (Å²) in [7, 11) is 0. The maximum atomic E-state index is 10.7. The molecule has 1 heterocycles. The van der Waals surface area contributed by atoms with Gasteiger partial charge in [0.05, 0.1) is 19.8 Å². The van der Waals surface area contributed by atoms with Gasteiger partial charge in [-0.3, -0.25) is 0 Å². The fourth-order valence-corrected chi connectivity index (χ4v) is 1.15. The molecule has 0 bridgehead atoms. The van der Waals surface area contributed by atoms with Crippen LogP contribution in [0.1, 0.15) is 19.3 Å². The van der Waals surface area contributed by atoms with Crippen LogP contribution >= 0.6 is 0 Å². The summed E-state index contributed by atoms with van der Waals surface area (Å²) in [6, 6.07) is 0. The standard InChI is InChI=1S/C12H19O4/c1-2-12(13)15-8-6-4-3-5-7-14-9-11-10-16-11/h2-3,11H,1,4-10H2. The lowest BCUT2D eigenvalue weighted by Crippen LogP contribution is -2.04. The largest absolute Gasteiger partial charge is 0.463 e. The van der Waals surface area contributed by atoms with Gasteiger partial charge in [0.15, 0.2) is 0 Å². The van der Waals surface area contributed by atoms with Crippen molar-refractivity contribution in [3.05, 3.63) is 19.1 Å². The molecule has 4 nitrogen and oxygen atoms in total. The first-order valence-electron chi connectivity index (χ1n) is 5.63. The van der Waals surface area contributed by atoms with E-state index < -0.39 is 0 Å². The summed E-state index contributed by atoms with van der Waals surface area (Å²) in [5, 5.41) is 0. The van der Waals surface area contributed by atoms with Crippen LogP contribution < -0.4 is 0 Å². The van der Waals surface area contributed by atoms with Gasteiger partial charge in [-0.05, 0) is 25.7 Å². The van der Waals surface area contributed by atoms with E-state index in [-0.39, 0.29) is 5.97 Å². The SMILES string of the molecule is C=CC(=O)OCCC[CH]CCOCC1CO1. The normalized spacial score (nSPS) is 18.1. The number of rotatable bonds is 10. The van der Waals surface area contributed by atoms with Crippen LogP contribution in [0.25, 0.3) is 0 Å². The molecule has 91 valence electrons. The van der Waals surface area contributed by atoms with Crippen LogP contribution in [0, 0.1) is 6.42 Å². The topological polar surface area (TPSA) is 48.1 Å². The highest BCUT2D eigenvalue weighted by Gasteiger charge is 2.21. The Bertz CT molecular complexity index is 211. The molecule has 1 saturated heterocycles. The molecule has 0 spiro atoms. The molecule has 1 rings (SSSR count). The third-order valence-corrected chi connectivity index (χ3v) is 2.14. The van der Waals surface area contributed by atoms with Crippen LogP contribution in [-0.2, 0) is 19.0 Å². The van der Waals surface area contributed by atoms with E-state index >= 15 is 0 Å². The Labute approximate surface area is 96.6 Å². The number of carbonyl (C=O) groups excluding carboxylic acids is 1. The van der Waals surface area contributed by atoms with Crippen molar-refractivity contribution in [2.24, 2.45) is 0 Å². The van der Waals surface area contributed by atoms with E-state index in [1.807, 2.05) is 0 Å². The third-order valence-electron chi connectivity index (χ3n) is 2.14. The van der Waals surface area contributed by atoms with Crippen molar-refractivity contribution in [3.8, 4) is 0 Å². The second-order valence-electron chi connectivity index (χ2n) is 3.62. The second kappa shape index (κ2) is 8.30.